The van der Waals surface area contributed by atoms with Crippen molar-refractivity contribution >= 4 is 23.7 Å². The molecular weight excluding hydrogens is 585 g/mol. The first kappa shape index (κ1) is 30.6. The van der Waals surface area contributed by atoms with Crippen molar-refractivity contribution in [3.63, 3.8) is 0 Å². The molecule has 3 aromatic carbocycles. The first-order valence-corrected chi connectivity index (χ1v) is 15.1. The summed E-state index contributed by atoms with van der Waals surface area (Å²) in [6.07, 6.45) is -4.19. The van der Waals surface area contributed by atoms with E-state index in [0.717, 1.165) is 11.1 Å². The number of hydrogen-bond donors (Lipinski definition) is 1. The number of amides is 4. The fourth-order valence-electron chi connectivity index (χ4n) is 6.70. The third-order valence-electron chi connectivity index (χ3n) is 9.12. The highest BCUT2D eigenvalue weighted by Crippen LogP contribution is 2.46. The molecule has 1 spiro atoms. The van der Waals surface area contributed by atoms with Crippen molar-refractivity contribution in [2.75, 3.05) is 37.6 Å². The monoisotopic (exact) mass is 620 g/mol. The zero-order valence-corrected chi connectivity index (χ0v) is 25.2. The molecular formula is C34H35F3N4O4. The van der Waals surface area contributed by atoms with Gasteiger partial charge < -0.3 is 15.0 Å². The van der Waals surface area contributed by atoms with Crippen LogP contribution in [0.3, 0.4) is 0 Å². The quantitative estimate of drug-likeness (QED) is 0.328. The number of fused-ring (bicyclic) bond motifs is 2. The second-order valence-electron chi connectivity index (χ2n) is 12.1. The highest BCUT2D eigenvalue weighted by atomic mass is 19.4. The Labute approximate surface area is 259 Å². The smallest absolute Gasteiger partial charge is 0.415 e. The molecule has 4 amide bonds. The first-order valence-electron chi connectivity index (χ1n) is 15.1. The fraction of sp³-hybridized carbons (Fsp3) is 0.382. The van der Waals surface area contributed by atoms with E-state index >= 15 is 0 Å². The van der Waals surface area contributed by atoms with E-state index in [2.05, 4.69) is 10.2 Å². The third-order valence-corrected chi connectivity index (χ3v) is 9.12. The first-order chi connectivity index (χ1) is 21.4. The summed E-state index contributed by atoms with van der Waals surface area (Å²) in [5.74, 6) is -0.327. The Morgan fingerprint density at radius 2 is 1.38 bits per heavy atom. The fourth-order valence-corrected chi connectivity index (χ4v) is 6.70. The SMILES string of the molecule is Cc1ccc(C2(c3ccc(C)cc3)NC(=O)N(CCCN3CCC4(CC3)OC(=O)N(CC(F)(F)F)c3ccccc34)C2=O)cc1. The zero-order valence-electron chi connectivity index (χ0n) is 25.2. The van der Waals surface area contributed by atoms with Crippen molar-refractivity contribution in [1.29, 1.82) is 0 Å². The maximum Gasteiger partial charge on any atom is 0.415 e. The number of anilines is 1. The van der Waals surface area contributed by atoms with Crippen LogP contribution in [0.2, 0.25) is 0 Å². The number of aryl methyl sites for hydroxylation is 2. The van der Waals surface area contributed by atoms with Gasteiger partial charge in [-0.3, -0.25) is 14.6 Å². The number of nitrogens with one attached hydrogen (secondary N) is 1. The van der Waals surface area contributed by atoms with Crippen molar-refractivity contribution in [3.8, 4) is 0 Å². The molecule has 3 heterocycles. The number of imide groups is 1. The van der Waals surface area contributed by atoms with Gasteiger partial charge in [0.25, 0.3) is 5.91 Å². The number of rotatable bonds is 7. The molecule has 0 aliphatic carbocycles. The predicted molar refractivity (Wildman–Crippen MR) is 162 cm³/mol. The molecule has 0 atom stereocenters. The maximum absolute atomic E-state index is 14.1. The minimum absolute atomic E-state index is 0.218. The number of likely N-dealkylation sites (tertiary alicyclic amines) is 1. The molecule has 0 saturated carbocycles. The standard InChI is InChI=1S/C34H35F3N4O4/c1-23-8-12-25(13-9-23)34(26-14-10-24(2)11-15-26)29(42)40(30(43)38-34)19-5-18-39-20-16-32(17-21-39)27-6-3-4-7-28(27)41(31(44)45-32)22-33(35,36)37/h3-4,6-15H,5,16-22H2,1-2H3,(H,38,43). The lowest BCUT2D eigenvalue weighted by Crippen LogP contribution is -2.53. The van der Waals surface area contributed by atoms with Gasteiger partial charge in [-0.05, 0) is 44.0 Å². The van der Waals surface area contributed by atoms with Crippen molar-refractivity contribution < 1.29 is 32.3 Å². The molecule has 2 fully saturated rings. The molecule has 2 saturated heterocycles. The van der Waals surface area contributed by atoms with Crippen molar-refractivity contribution in [3.05, 3.63) is 101 Å². The van der Waals surface area contributed by atoms with Crippen molar-refractivity contribution in [2.45, 2.75) is 50.4 Å². The number of benzene rings is 3. The van der Waals surface area contributed by atoms with E-state index in [-0.39, 0.29) is 18.1 Å². The molecule has 0 radical (unpaired) electrons. The lowest BCUT2D eigenvalue weighted by molar-refractivity contribution is -0.130. The summed E-state index contributed by atoms with van der Waals surface area (Å²) in [7, 11) is 0. The van der Waals surface area contributed by atoms with E-state index in [1.807, 2.05) is 62.4 Å². The number of ether oxygens (including phenoxy) is 1. The van der Waals surface area contributed by atoms with Gasteiger partial charge in [-0.15, -0.1) is 0 Å². The van der Waals surface area contributed by atoms with Gasteiger partial charge in [0.15, 0.2) is 5.54 Å². The van der Waals surface area contributed by atoms with Crippen LogP contribution in [0.5, 0.6) is 0 Å². The molecule has 6 rings (SSSR count). The molecule has 3 aromatic rings. The summed E-state index contributed by atoms with van der Waals surface area (Å²) in [6, 6.07) is 21.4. The molecule has 1 N–H and O–H groups in total. The largest absolute Gasteiger partial charge is 0.437 e. The van der Waals surface area contributed by atoms with E-state index in [1.54, 1.807) is 18.2 Å². The van der Waals surface area contributed by atoms with Crippen LogP contribution >= 0.6 is 0 Å². The van der Waals surface area contributed by atoms with Gasteiger partial charge in [-0.2, -0.15) is 13.2 Å². The average molecular weight is 621 g/mol. The van der Waals surface area contributed by atoms with Crippen LogP contribution in [0.25, 0.3) is 0 Å². The van der Waals surface area contributed by atoms with Crippen LogP contribution in [-0.2, 0) is 20.7 Å². The number of carbonyl (C=O) groups is 3. The number of piperidine rings is 1. The molecule has 3 aliphatic heterocycles. The van der Waals surface area contributed by atoms with Gasteiger partial charge in [-0.1, -0.05) is 77.9 Å². The summed E-state index contributed by atoms with van der Waals surface area (Å²) in [6.45, 7) is 4.40. The van der Waals surface area contributed by atoms with Gasteiger partial charge in [0, 0.05) is 38.0 Å². The van der Waals surface area contributed by atoms with Crippen molar-refractivity contribution in [2.24, 2.45) is 0 Å². The minimum atomic E-state index is -4.56. The van der Waals surface area contributed by atoms with Crippen molar-refractivity contribution in [1.82, 2.24) is 15.1 Å². The van der Waals surface area contributed by atoms with Gasteiger partial charge in [0.1, 0.15) is 12.1 Å². The molecule has 45 heavy (non-hydrogen) atoms. The number of halogens is 3. The summed E-state index contributed by atoms with van der Waals surface area (Å²) in [5.41, 5.74) is 1.94. The summed E-state index contributed by atoms with van der Waals surface area (Å²) in [5, 5.41) is 3.00. The molecule has 0 bridgehead atoms. The molecule has 0 unspecified atom stereocenters. The zero-order chi connectivity index (χ0) is 32.0. The lowest BCUT2D eigenvalue weighted by Gasteiger charge is -2.46. The second kappa shape index (κ2) is 11.5. The van der Waals surface area contributed by atoms with Crippen LogP contribution in [0.1, 0.15) is 47.1 Å². The number of nitrogens with zero attached hydrogens (tertiary/aromatic N) is 3. The highest BCUT2D eigenvalue weighted by molar-refractivity contribution is 6.09. The van der Waals surface area contributed by atoms with Crippen LogP contribution in [0.15, 0.2) is 72.8 Å². The number of alkyl halides is 3. The Morgan fingerprint density at radius 3 is 1.96 bits per heavy atom. The van der Waals surface area contributed by atoms with E-state index in [4.69, 9.17) is 4.74 Å². The van der Waals surface area contributed by atoms with E-state index in [9.17, 15) is 27.6 Å². The maximum atomic E-state index is 14.1. The number of urea groups is 1. The minimum Gasteiger partial charge on any atom is -0.437 e. The van der Waals surface area contributed by atoms with E-state index in [1.165, 1.54) is 11.0 Å². The summed E-state index contributed by atoms with van der Waals surface area (Å²) < 4.78 is 45.4. The van der Waals surface area contributed by atoms with Gasteiger partial charge in [0.05, 0.1) is 5.69 Å². The van der Waals surface area contributed by atoms with Gasteiger partial charge >= 0.3 is 18.3 Å². The highest BCUT2D eigenvalue weighted by Gasteiger charge is 2.54. The summed E-state index contributed by atoms with van der Waals surface area (Å²) in [4.78, 5) is 44.2. The Hall–Kier alpha value is -4.38. The Bertz CT molecular complexity index is 1550. The Kier molecular flexibility index (Phi) is 7.84. The van der Waals surface area contributed by atoms with Gasteiger partial charge in [-0.25, -0.2) is 9.59 Å². The van der Waals surface area contributed by atoms with Crippen LogP contribution in [-0.4, -0.2) is 66.7 Å². The number of para-hydroxylation sites is 1. The Balaban J connectivity index is 1.13. The number of hydrogen-bond acceptors (Lipinski definition) is 5. The third kappa shape index (κ3) is 5.65. The molecule has 11 heteroatoms. The summed E-state index contributed by atoms with van der Waals surface area (Å²) >= 11 is 0. The van der Waals surface area contributed by atoms with Crippen LogP contribution in [0.4, 0.5) is 28.4 Å². The molecule has 3 aliphatic rings. The van der Waals surface area contributed by atoms with E-state index < -0.39 is 36.0 Å². The molecule has 8 nitrogen and oxygen atoms in total. The Morgan fingerprint density at radius 1 is 0.800 bits per heavy atom. The topological polar surface area (TPSA) is 82.2 Å². The van der Waals surface area contributed by atoms with Crippen LogP contribution < -0.4 is 10.2 Å². The average Bonchev–Trinajstić information content (AvgIpc) is 3.26. The lowest BCUT2D eigenvalue weighted by atomic mass is 9.82. The normalized spacial score (nSPS) is 19.4. The number of carbonyl (C=O) groups excluding carboxylic acids is 3. The van der Waals surface area contributed by atoms with Crippen LogP contribution in [0, 0.1) is 13.8 Å². The molecule has 236 valence electrons. The predicted octanol–water partition coefficient (Wildman–Crippen LogP) is 6.00. The second-order valence-corrected chi connectivity index (χ2v) is 12.1. The van der Waals surface area contributed by atoms with E-state index in [0.29, 0.717) is 60.5 Å². The molecule has 0 aromatic heterocycles. The van der Waals surface area contributed by atoms with Gasteiger partial charge in [0.2, 0.25) is 0 Å².